The van der Waals surface area contributed by atoms with Crippen LogP contribution >= 0.6 is 34.8 Å². The fourth-order valence-corrected chi connectivity index (χ4v) is 3.67. The Morgan fingerprint density at radius 3 is 2.29 bits per heavy atom. The molecule has 0 spiro atoms. The number of halogens is 3. The van der Waals surface area contributed by atoms with Crippen LogP contribution in [0.15, 0.2) is 36.4 Å². The summed E-state index contributed by atoms with van der Waals surface area (Å²) in [6.45, 7) is 4.00. The van der Waals surface area contributed by atoms with Crippen molar-refractivity contribution in [1.82, 2.24) is 5.32 Å². The summed E-state index contributed by atoms with van der Waals surface area (Å²) < 4.78 is 0. The van der Waals surface area contributed by atoms with E-state index in [0.717, 1.165) is 0 Å². The number of hydrogen-bond acceptors (Lipinski definition) is 3. The van der Waals surface area contributed by atoms with Gasteiger partial charge < -0.3 is 15.2 Å². The van der Waals surface area contributed by atoms with Crippen molar-refractivity contribution >= 4 is 47.0 Å². The number of nitrogens with one attached hydrogen (secondary N) is 1. The number of aldehydes is 1. The van der Waals surface area contributed by atoms with Crippen LogP contribution in [0, 0.1) is 0 Å². The van der Waals surface area contributed by atoms with Crippen LogP contribution in [0.1, 0.15) is 37.8 Å². The molecule has 0 heterocycles. The molecule has 1 aliphatic carbocycles. The van der Waals surface area contributed by atoms with E-state index in [4.69, 9.17) is 34.8 Å². The Bertz CT molecular complexity index is 866. The largest absolute Gasteiger partial charge is 0.508 e. The summed E-state index contributed by atoms with van der Waals surface area (Å²) in [5.74, 6) is -0.314. The maximum Gasteiger partial charge on any atom is 0.231 e. The quantitative estimate of drug-likeness (QED) is 0.594. The molecule has 1 atom stereocenters. The Morgan fingerprint density at radius 2 is 1.75 bits per heavy atom. The Morgan fingerprint density at radius 1 is 1.14 bits per heavy atom. The normalized spacial score (nSPS) is 15.0. The molecule has 2 aromatic carbocycles. The van der Waals surface area contributed by atoms with E-state index >= 15 is 0 Å². The molecule has 1 unspecified atom stereocenters. The molecule has 4 nitrogen and oxygen atoms in total. The first-order valence-electron chi connectivity index (χ1n) is 9.05. The number of carbonyl (C=O) groups is 2. The molecule has 28 heavy (non-hydrogen) atoms. The van der Waals surface area contributed by atoms with Crippen molar-refractivity contribution in [2.45, 2.75) is 44.6 Å². The van der Waals surface area contributed by atoms with Gasteiger partial charge in [-0.25, -0.2) is 0 Å². The van der Waals surface area contributed by atoms with Crippen LogP contribution in [0.2, 0.25) is 15.1 Å². The third-order valence-corrected chi connectivity index (χ3v) is 5.42. The molecule has 0 aliphatic heterocycles. The highest BCUT2D eigenvalue weighted by Crippen LogP contribution is 2.51. The van der Waals surface area contributed by atoms with Gasteiger partial charge in [0.15, 0.2) is 0 Å². The highest BCUT2D eigenvalue weighted by atomic mass is 35.5. The van der Waals surface area contributed by atoms with Gasteiger partial charge in [-0.2, -0.15) is 0 Å². The number of phenols is 1. The molecule has 1 amide bonds. The van der Waals surface area contributed by atoms with Crippen molar-refractivity contribution in [3.8, 4) is 5.75 Å². The maximum absolute atomic E-state index is 12.8. The monoisotopic (exact) mass is 441 g/mol. The lowest BCUT2D eigenvalue weighted by atomic mass is 9.93. The molecule has 1 aliphatic rings. The summed E-state index contributed by atoms with van der Waals surface area (Å²) in [6.07, 6.45) is 2.14. The van der Waals surface area contributed by atoms with Gasteiger partial charge in [0.05, 0.1) is 11.5 Å². The fourth-order valence-electron chi connectivity index (χ4n) is 3.02. The van der Waals surface area contributed by atoms with E-state index in [2.05, 4.69) is 5.32 Å². The minimum absolute atomic E-state index is 0.0199. The number of aromatic hydroxyl groups is 1. The zero-order chi connectivity index (χ0) is 20.9. The van der Waals surface area contributed by atoms with E-state index in [-0.39, 0.29) is 18.1 Å². The predicted octanol–water partition coefficient (Wildman–Crippen LogP) is 5.34. The fraction of sp³-hybridized carbons (Fsp3) is 0.333. The first-order chi connectivity index (χ1) is 13.4. The molecule has 150 valence electrons. The van der Waals surface area contributed by atoms with E-state index in [1.54, 1.807) is 30.3 Å². The van der Waals surface area contributed by atoms with E-state index in [0.29, 0.717) is 45.3 Å². The average Bonchev–Trinajstić information content (AvgIpc) is 3.46. The van der Waals surface area contributed by atoms with Gasteiger partial charge in [-0.1, -0.05) is 60.8 Å². The lowest BCUT2D eigenvalue weighted by Gasteiger charge is -2.20. The minimum atomic E-state index is -0.820. The molecule has 3 rings (SSSR count). The smallest absolute Gasteiger partial charge is 0.231 e. The number of amides is 1. The van der Waals surface area contributed by atoms with Crippen LogP contribution in [0.4, 0.5) is 0 Å². The molecule has 0 radical (unpaired) electrons. The summed E-state index contributed by atoms with van der Waals surface area (Å²) in [5, 5.41) is 14.2. The van der Waals surface area contributed by atoms with E-state index < -0.39 is 11.5 Å². The number of carbonyl (C=O) groups excluding carboxylic acids is 2. The van der Waals surface area contributed by atoms with Gasteiger partial charge in [-0.05, 0) is 42.7 Å². The van der Waals surface area contributed by atoms with Gasteiger partial charge >= 0.3 is 0 Å². The van der Waals surface area contributed by atoms with Crippen molar-refractivity contribution < 1.29 is 14.7 Å². The van der Waals surface area contributed by atoms with Gasteiger partial charge in [0.25, 0.3) is 0 Å². The lowest BCUT2D eigenvalue weighted by Crippen LogP contribution is -2.43. The van der Waals surface area contributed by atoms with Crippen LogP contribution in [0.5, 0.6) is 5.75 Å². The second kappa shape index (κ2) is 9.64. The molecule has 7 heteroatoms. The number of phenolic OH excluding ortho intramolecular Hbond substituents is 1. The molecule has 2 N–H and O–H groups in total. The average molecular weight is 443 g/mol. The van der Waals surface area contributed by atoms with Gasteiger partial charge in [0.1, 0.15) is 12.0 Å². The van der Waals surface area contributed by atoms with Gasteiger partial charge in [0.2, 0.25) is 5.91 Å². The highest BCUT2D eigenvalue weighted by molar-refractivity contribution is 6.35. The SMILES string of the molecule is CC.O=CC(Cc1ccc(Cl)cc1Cl)NC(=O)C1(c2ccc(Cl)cc2O)CC1. The second-order valence-electron chi connectivity index (χ2n) is 6.40. The van der Waals surface area contributed by atoms with Crippen LogP contribution in [0.25, 0.3) is 0 Å². The van der Waals surface area contributed by atoms with Crippen LogP contribution in [-0.4, -0.2) is 23.3 Å². The van der Waals surface area contributed by atoms with Crippen LogP contribution < -0.4 is 5.32 Å². The van der Waals surface area contributed by atoms with Crippen molar-refractivity contribution in [1.29, 1.82) is 0 Å². The topological polar surface area (TPSA) is 66.4 Å². The van der Waals surface area contributed by atoms with Crippen molar-refractivity contribution in [3.63, 3.8) is 0 Å². The molecular weight excluding hydrogens is 421 g/mol. The summed E-state index contributed by atoms with van der Waals surface area (Å²) in [7, 11) is 0. The van der Waals surface area contributed by atoms with E-state index in [9.17, 15) is 14.7 Å². The Balaban J connectivity index is 0.00000136. The van der Waals surface area contributed by atoms with Gasteiger partial charge in [0, 0.05) is 27.1 Å². The molecule has 1 saturated carbocycles. The molecule has 0 aromatic heterocycles. The Hall–Kier alpha value is -1.75. The summed E-state index contributed by atoms with van der Waals surface area (Å²) in [4.78, 5) is 24.3. The summed E-state index contributed by atoms with van der Waals surface area (Å²) in [6, 6.07) is 8.97. The first kappa shape index (κ1) is 22.5. The number of rotatable bonds is 6. The van der Waals surface area contributed by atoms with Crippen molar-refractivity contribution in [2.75, 3.05) is 0 Å². The van der Waals surface area contributed by atoms with Crippen LogP contribution in [-0.2, 0) is 21.4 Å². The van der Waals surface area contributed by atoms with Crippen molar-refractivity contribution in [2.24, 2.45) is 0 Å². The van der Waals surface area contributed by atoms with E-state index in [1.807, 2.05) is 13.8 Å². The molecular formula is C21H22Cl3NO3. The molecule has 2 aromatic rings. The molecule has 1 fully saturated rings. The number of benzene rings is 2. The highest BCUT2D eigenvalue weighted by Gasteiger charge is 2.53. The van der Waals surface area contributed by atoms with Gasteiger partial charge in [-0.3, -0.25) is 4.79 Å². The second-order valence-corrected chi connectivity index (χ2v) is 7.68. The van der Waals surface area contributed by atoms with Gasteiger partial charge in [-0.15, -0.1) is 0 Å². The maximum atomic E-state index is 12.8. The third kappa shape index (κ3) is 4.99. The Kier molecular flexibility index (Phi) is 7.76. The van der Waals surface area contributed by atoms with E-state index in [1.165, 1.54) is 6.07 Å². The minimum Gasteiger partial charge on any atom is -0.508 e. The van der Waals surface area contributed by atoms with Crippen LogP contribution in [0.3, 0.4) is 0 Å². The predicted molar refractivity (Wildman–Crippen MR) is 114 cm³/mol. The lowest BCUT2D eigenvalue weighted by molar-refractivity contribution is -0.126. The number of hydrogen-bond donors (Lipinski definition) is 2. The summed E-state index contributed by atoms with van der Waals surface area (Å²) in [5.41, 5.74) is 0.418. The zero-order valence-electron chi connectivity index (χ0n) is 15.6. The zero-order valence-corrected chi connectivity index (χ0v) is 17.9. The first-order valence-corrected chi connectivity index (χ1v) is 10.2. The summed E-state index contributed by atoms with van der Waals surface area (Å²) >= 11 is 17.9. The third-order valence-electron chi connectivity index (χ3n) is 4.60. The standard InChI is InChI=1S/C19H16Cl3NO3.C2H6/c20-12-2-1-11(16(22)8-12)7-14(10-24)23-18(26)19(5-6-19)15-4-3-13(21)9-17(15)25;1-2/h1-4,8-10,14,25H,5-7H2,(H,23,26);1-2H3. The molecule has 0 bridgehead atoms. The van der Waals surface area contributed by atoms with Crippen molar-refractivity contribution in [3.05, 3.63) is 62.6 Å². The molecule has 0 saturated heterocycles. The Labute approximate surface area is 179 Å².